The standard InChI is InChI=1S/C16H22FN5O2S2/c1-13(2)21-11-18-22(16(21)25)12-19-6-8-20(9-7-19)26(23,24)15-5-3-4-14(17)10-15/h3-5,10-11,13H,6-9,12H2,1-2H3. The van der Waals surface area contributed by atoms with Crippen molar-refractivity contribution in [1.29, 1.82) is 0 Å². The largest absolute Gasteiger partial charge is 0.304 e. The van der Waals surface area contributed by atoms with Gasteiger partial charge in [0.15, 0.2) is 4.77 Å². The van der Waals surface area contributed by atoms with E-state index in [0.717, 1.165) is 6.07 Å². The third-order valence-corrected chi connectivity index (χ3v) is 6.73. The van der Waals surface area contributed by atoms with Crippen LogP contribution >= 0.6 is 12.2 Å². The zero-order valence-electron chi connectivity index (χ0n) is 14.7. The average Bonchev–Trinajstić information content (AvgIpc) is 2.96. The van der Waals surface area contributed by atoms with Gasteiger partial charge in [-0.15, -0.1) is 0 Å². The molecular formula is C16H22FN5O2S2. The predicted molar refractivity (Wildman–Crippen MR) is 98.2 cm³/mol. The Morgan fingerprint density at radius 3 is 2.50 bits per heavy atom. The van der Waals surface area contributed by atoms with Gasteiger partial charge in [-0.25, -0.2) is 17.5 Å². The molecule has 1 aliphatic heterocycles. The summed E-state index contributed by atoms with van der Waals surface area (Å²) in [7, 11) is -3.68. The lowest BCUT2D eigenvalue weighted by atomic mass is 10.4. The van der Waals surface area contributed by atoms with Crippen molar-refractivity contribution in [2.75, 3.05) is 26.2 Å². The highest BCUT2D eigenvalue weighted by Gasteiger charge is 2.29. The van der Waals surface area contributed by atoms with Crippen molar-refractivity contribution in [3.05, 3.63) is 41.2 Å². The molecule has 1 fully saturated rings. The molecule has 0 radical (unpaired) electrons. The summed E-state index contributed by atoms with van der Waals surface area (Å²) in [6, 6.07) is 5.36. The summed E-state index contributed by atoms with van der Waals surface area (Å²) >= 11 is 5.42. The summed E-state index contributed by atoms with van der Waals surface area (Å²) in [6.45, 7) is 6.41. The van der Waals surface area contributed by atoms with Crippen LogP contribution in [-0.4, -0.2) is 58.1 Å². The molecule has 0 bridgehead atoms. The third kappa shape index (κ3) is 3.88. The van der Waals surface area contributed by atoms with E-state index in [0.29, 0.717) is 37.6 Å². The van der Waals surface area contributed by atoms with E-state index in [4.69, 9.17) is 12.2 Å². The van der Waals surface area contributed by atoms with Gasteiger partial charge in [0.1, 0.15) is 12.1 Å². The minimum absolute atomic E-state index is 0.0103. The first-order valence-electron chi connectivity index (χ1n) is 8.41. The molecule has 1 aromatic heterocycles. The van der Waals surface area contributed by atoms with Gasteiger partial charge in [0.2, 0.25) is 10.0 Å². The summed E-state index contributed by atoms with van der Waals surface area (Å²) in [5.41, 5.74) is 0. The molecule has 0 saturated carbocycles. The van der Waals surface area contributed by atoms with E-state index >= 15 is 0 Å². The van der Waals surface area contributed by atoms with Gasteiger partial charge in [0.05, 0.1) is 11.6 Å². The Morgan fingerprint density at radius 1 is 1.23 bits per heavy atom. The molecule has 0 amide bonds. The van der Waals surface area contributed by atoms with Crippen LogP contribution in [0.3, 0.4) is 0 Å². The van der Waals surface area contributed by atoms with E-state index in [-0.39, 0.29) is 10.9 Å². The van der Waals surface area contributed by atoms with Crippen molar-refractivity contribution in [3.8, 4) is 0 Å². The average molecular weight is 400 g/mol. The van der Waals surface area contributed by atoms with Crippen LogP contribution in [0.15, 0.2) is 35.5 Å². The van der Waals surface area contributed by atoms with E-state index in [1.54, 1.807) is 11.0 Å². The molecule has 1 saturated heterocycles. The van der Waals surface area contributed by atoms with Crippen molar-refractivity contribution >= 4 is 22.2 Å². The van der Waals surface area contributed by atoms with Gasteiger partial charge in [-0.1, -0.05) is 6.07 Å². The highest BCUT2D eigenvalue weighted by Crippen LogP contribution is 2.18. The number of halogens is 1. The van der Waals surface area contributed by atoms with Crippen LogP contribution in [0.5, 0.6) is 0 Å². The predicted octanol–water partition coefficient (Wildman–Crippen LogP) is 2.10. The first kappa shape index (κ1) is 19.2. The zero-order chi connectivity index (χ0) is 18.9. The highest BCUT2D eigenvalue weighted by molar-refractivity contribution is 7.89. The molecule has 7 nitrogen and oxygen atoms in total. The van der Waals surface area contributed by atoms with Crippen molar-refractivity contribution < 1.29 is 12.8 Å². The quantitative estimate of drug-likeness (QED) is 0.721. The fourth-order valence-corrected chi connectivity index (χ4v) is 4.70. The molecular weight excluding hydrogens is 377 g/mol. The summed E-state index contributed by atoms with van der Waals surface area (Å²) in [5.74, 6) is -0.556. The molecule has 3 rings (SSSR count). The fourth-order valence-electron chi connectivity index (χ4n) is 2.88. The minimum atomic E-state index is -3.68. The first-order chi connectivity index (χ1) is 12.3. The second kappa shape index (κ2) is 7.55. The van der Waals surface area contributed by atoms with Crippen LogP contribution < -0.4 is 0 Å². The van der Waals surface area contributed by atoms with E-state index in [2.05, 4.69) is 10.00 Å². The van der Waals surface area contributed by atoms with Gasteiger partial charge >= 0.3 is 0 Å². The second-order valence-electron chi connectivity index (χ2n) is 6.53. The topological polar surface area (TPSA) is 63.4 Å². The molecule has 10 heteroatoms. The number of benzene rings is 1. The SMILES string of the molecule is CC(C)n1cnn(CN2CCN(S(=O)(=O)c3cccc(F)c3)CC2)c1=S. The van der Waals surface area contributed by atoms with Crippen LogP contribution in [0, 0.1) is 10.6 Å². The lowest BCUT2D eigenvalue weighted by Crippen LogP contribution is -2.48. The summed E-state index contributed by atoms with van der Waals surface area (Å²) in [5, 5.41) is 4.32. The van der Waals surface area contributed by atoms with Crippen molar-refractivity contribution in [3.63, 3.8) is 0 Å². The molecule has 1 aromatic carbocycles. The Bertz CT molecular complexity index is 930. The van der Waals surface area contributed by atoms with Crippen LogP contribution in [0.25, 0.3) is 0 Å². The van der Waals surface area contributed by atoms with E-state index in [1.165, 1.54) is 22.5 Å². The lowest BCUT2D eigenvalue weighted by molar-refractivity contribution is 0.144. The maximum absolute atomic E-state index is 13.4. The van der Waals surface area contributed by atoms with Crippen molar-refractivity contribution in [2.45, 2.75) is 31.5 Å². The number of sulfonamides is 1. The van der Waals surface area contributed by atoms with Gasteiger partial charge in [-0.05, 0) is 44.3 Å². The number of hydrogen-bond donors (Lipinski definition) is 0. The van der Waals surface area contributed by atoms with Crippen LogP contribution in [0.2, 0.25) is 0 Å². The number of nitrogens with zero attached hydrogens (tertiary/aromatic N) is 5. The maximum Gasteiger partial charge on any atom is 0.243 e. The highest BCUT2D eigenvalue weighted by atomic mass is 32.2. The molecule has 2 heterocycles. The molecule has 0 unspecified atom stereocenters. The van der Waals surface area contributed by atoms with E-state index < -0.39 is 15.8 Å². The minimum Gasteiger partial charge on any atom is -0.304 e. The molecule has 1 aliphatic rings. The molecule has 0 aliphatic carbocycles. The second-order valence-corrected chi connectivity index (χ2v) is 8.84. The molecule has 142 valence electrons. The lowest BCUT2D eigenvalue weighted by Gasteiger charge is -2.33. The van der Waals surface area contributed by atoms with Crippen LogP contribution in [0.4, 0.5) is 4.39 Å². The van der Waals surface area contributed by atoms with Gasteiger partial charge in [-0.3, -0.25) is 4.90 Å². The van der Waals surface area contributed by atoms with Gasteiger partial charge in [0, 0.05) is 32.2 Å². The van der Waals surface area contributed by atoms with Gasteiger partial charge in [-0.2, -0.15) is 9.40 Å². The van der Waals surface area contributed by atoms with Gasteiger partial charge in [0.25, 0.3) is 0 Å². The zero-order valence-corrected chi connectivity index (χ0v) is 16.4. The number of rotatable bonds is 5. The maximum atomic E-state index is 13.4. The Labute approximate surface area is 157 Å². The van der Waals surface area contributed by atoms with E-state index in [9.17, 15) is 12.8 Å². The first-order valence-corrected chi connectivity index (χ1v) is 10.3. The third-order valence-electron chi connectivity index (χ3n) is 4.41. The smallest absolute Gasteiger partial charge is 0.243 e. The monoisotopic (exact) mass is 399 g/mol. The molecule has 2 aromatic rings. The van der Waals surface area contributed by atoms with Crippen molar-refractivity contribution in [2.24, 2.45) is 0 Å². The van der Waals surface area contributed by atoms with Gasteiger partial charge < -0.3 is 4.57 Å². The Hall–Kier alpha value is -1.62. The number of piperazine rings is 1. The Kier molecular flexibility index (Phi) is 5.56. The van der Waals surface area contributed by atoms with Crippen LogP contribution in [-0.2, 0) is 16.7 Å². The van der Waals surface area contributed by atoms with E-state index in [1.807, 2.05) is 18.4 Å². The molecule has 0 spiro atoms. The number of hydrogen-bond acceptors (Lipinski definition) is 5. The molecule has 0 atom stereocenters. The Balaban J connectivity index is 1.65. The van der Waals surface area contributed by atoms with Crippen molar-refractivity contribution in [1.82, 2.24) is 23.6 Å². The summed E-state index contributed by atoms with van der Waals surface area (Å²) < 4.78 is 44.3. The fraction of sp³-hybridized carbons (Fsp3) is 0.500. The normalized spacial score (nSPS) is 17.1. The Morgan fingerprint density at radius 2 is 1.92 bits per heavy atom. The number of aromatic nitrogens is 3. The van der Waals surface area contributed by atoms with Crippen LogP contribution in [0.1, 0.15) is 19.9 Å². The summed E-state index contributed by atoms with van der Waals surface area (Å²) in [6.07, 6.45) is 1.72. The summed E-state index contributed by atoms with van der Waals surface area (Å²) in [4.78, 5) is 2.09. The molecule has 0 N–H and O–H groups in total. The molecule has 26 heavy (non-hydrogen) atoms.